The molecule has 2 aliphatic rings. The Balaban J connectivity index is 1.85. The molecule has 0 radical (unpaired) electrons. The third-order valence-corrected chi connectivity index (χ3v) is 5.35. The molecule has 5 rings (SSSR count). The zero-order valence-corrected chi connectivity index (χ0v) is 14.3. The number of aryl methyl sites for hydroxylation is 3. The molecule has 1 nitrogen and oxygen atoms in total. The lowest BCUT2D eigenvalue weighted by Gasteiger charge is -2.34. The smallest absolute Gasteiger partial charge is 0.251 e. The second-order valence-electron chi connectivity index (χ2n) is 7.29. The number of fused-ring (bicyclic) bond motifs is 4. The molecule has 0 atom stereocenters. The fourth-order valence-electron chi connectivity index (χ4n) is 4.34. The molecule has 0 fully saturated rings. The average Bonchev–Trinajstić information content (AvgIpc) is 2.53. The van der Waals surface area contributed by atoms with Crippen LogP contribution in [0.5, 0.6) is 11.5 Å². The molecule has 0 saturated carbocycles. The third-order valence-electron chi connectivity index (χ3n) is 5.35. The van der Waals surface area contributed by atoms with Gasteiger partial charge in [-0.2, -0.15) is 0 Å². The minimum Gasteiger partial charge on any atom is -0.458 e. The summed E-state index contributed by atoms with van der Waals surface area (Å²) in [6, 6.07) is 18.0. The van der Waals surface area contributed by atoms with Gasteiger partial charge in [0.25, 0.3) is 6.71 Å². The van der Waals surface area contributed by atoms with E-state index in [0.29, 0.717) is 6.71 Å². The van der Waals surface area contributed by atoms with Crippen LogP contribution in [0.3, 0.4) is 0 Å². The normalized spacial score (nSPS) is 13.7. The van der Waals surface area contributed by atoms with Gasteiger partial charge in [0, 0.05) is 0 Å². The Morgan fingerprint density at radius 1 is 0.708 bits per heavy atom. The fraction of sp³-hybridized carbons (Fsp3) is 0.182. The minimum absolute atomic E-state index is 0.296. The Bertz CT molecular complexity index is 926. The molecule has 0 saturated heterocycles. The molecule has 0 spiro atoms. The standard InChI is InChI=1S/C22H19BO/c1-13-4-6-18-16(8-13)12-17-9-15(3)11-21-22(17)23(18)19-7-5-14(2)10-20(19)24-21/h4-11H,12H2,1-3H3. The lowest BCUT2D eigenvalue weighted by atomic mass is 9.32. The molecule has 3 aromatic carbocycles. The van der Waals surface area contributed by atoms with Crippen LogP contribution in [0.1, 0.15) is 27.8 Å². The number of hydrogen-bond acceptors (Lipinski definition) is 1. The highest BCUT2D eigenvalue weighted by Crippen LogP contribution is 2.31. The molecule has 0 amide bonds. The van der Waals surface area contributed by atoms with E-state index in [0.717, 1.165) is 17.9 Å². The van der Waals surface area contributed by atoms with E-state index in [4.69, 9.17) is 4.74 Å². The summed E-state index contributed by atoms with van der Waals surface area (Å²) in [4.78, 5) is 0. The minimum atomic E-state index is 0.296. The van der Waals surface area contributed by atoms with Gasteiger partial charge in [0.1, 0.15) is 11.5 Å². The monoisotopic (exact) mass is 310 g/mol. The van der Waals surface area contributed by atoms with Crippen LogP contribution in [0.25, 0.3) is 0 Å². The number of hydrogen-bond donors (Lipinski definition) is 0. The highest BCUT2D eigenvalue weighted by atomic mass is 16.5. The van der Waals surface area contributed by atoms with Crippen molar-refractivity contribution < 1.29 is 4.74 Å². The lowest BCUT2D eigenvalue weighted by Crippen LogP contribution is -2.59. The van der Waals surface area contributed by atoms with Gasteiger partial charge in [0.05, 0.1) is 0 Å². The van der Waals surface area contributed by atoms with Crippen molar-refractivity contribution in [3.05, 3.63) is 76.3 Å². The van der Waals surface area contributed by atoms with Crippen LogP contribution in [0.4, 0.5) is 0 Å². The van der Waals surface area contributed by atoms with Crippen molar-refractivity contribution >= 4 is 23.1 Å². The predicted octanol–water partition coefficient (Wildman–Crippen LogP) is 3.14. The Morgan fingerprint density at radius 2 is 1.38 bits per heavy atom. The van der Waals surface area contributed by atoms with Crippen LogP contribution in [-0.2, 0) is 6.42 Å². The van der Waals surface area contributed by atoms with E-state index in [2.05, 4.69) is 69.3 Å². The van der Waals surface area contributed by atoms with Crippen molar-refractivity contribution in [2.24, 2.45) is 0 Å². The second-order valence-corrected chi connectivity index (χ2v) is 7.29. The summed E-state index contributed by atoms with van der Waals surface area (Å²) in [5.74, 6) is 2.05. The van der Waals surface area contributed by atoms with Gasteiger partial charge in [0.15, 0.2) is 0 Å². The number of ether oxygens (including phenoxy) is 1. The zero-order valence-electron chi connectivity index (χ0n) is 14.3. The molecule has 2 aliphatic heterocycles. The summed E-state index contributed by atoms with van der Waals surface area (Å²) in [5.41, 5.74) is 10.8. The number of benzene rings is 3. The van der Waals surface area contributed by atoms with E-state index in [9.17, 15) is 0 Å². The van der Waals surface area contributed by atoms with Crippen molar-refractivity contribution in [2.45, 2.75) is 27.2 Å². The summed E-state index contributed by atoms with van der Waals surface area (Å²) in [7, 11) is 0. The van der Waals surface area contributed by atoms with Gasteiger partial charge in [0.2, 0.25) is 0 Å². The Labute approximate surface area is 143 Å². The maximum atomic E-state index is 6.32. The van der Waals surface area contributed by atoms with Gasteiger partial charge in [-0.25, -0.2) is 0 Å². The van der Waals surface area contributed by atoms with Crippen molar-refractivity contribution in [1.82, 2.24) is 0 Å². The maximum absolute atomic E-state index is 6.32. The lowest BCUT2D eigenvalue weighted by molar-refractivity contribution is 0.486. The molecule has 0 N–H and O–H groups in total. The third kappa shape index (κ3) is 1.89. The summed E-state index contributed by atoms with van der Waals surface area (Å²) in [6.45, 7) is 6.76. The Morgan fingerprint density at radius 3 is 2.21 bits per heavy atom. The van der Waals surface area contributed by atoms with E-state index < -0.39 is 0 Å². The van der Waals surface area contributed by atoms with E-state index >= 15 is 0 Å². The quantitative estimate of drug-likeness (QED) is 0.399. The molecule has 3 aromatic rings. The largest absolute Gasteiger partial charge is 0.458 e. The molecule has 2 heteroatoms. The van der Waals surface area contributed by atoms with Gasteiger partial charge in [-0.3, -0.25) is 0 Å². The van der Waals surface area contributed by atoms with Crippen LogP contribution in [0, 0.1) is 20.8 Å². The fourth-order valence-corrected chi connectivity index (χ4v) is 4.34. The molecule has 24 heavy (non-hydrogen) atoms. The number of rotatable bonds is 0. The van der Waals surface area contributed by atoms with Gasteiger partial charge in [-0.15, -0.1) is 0 Å². The first-order valence-electron chi connectivity index (χ1n) is 8.61. The van der Waals surface area contributed by atoms with Crippen molar-refractivity contribution in [1.29, 1.82) is 0 Å². The Hall–Kier alpha value is -2.48. The highest BCUT2D eigenvalue weighted by molar-refractivity contribution is 6.97. The van der Waals surface area contributed by atoms with Crippen LogP contribution < -0.4 is 21.1 Å². The first-order chi connectivity index (χ1) is 11.6. The summed E-state index contributed by atoms with van der Waals surface area (Å²) >= 11 is 0. The van der Waals surface area contributed by atoms with Crippen molar-refractivity contribution in [2.75, 3.05) is 0 Å². The van der Waals surface area contributed by atoms with E-state index in [1.807, 2.05) is 0 Å². The average molecular weight is 310 g/mol. The molecule has 2 heterocycles. The van der Waals surface area contributed by atoms with Crippen LogP contribution in [0.2, 0.25) is 0 Å². The first-order valence-corrected chi connectivity index (χ1v) is 8.61. The molecule has 0 aliphatic carbocycles. The van der Waals surface area contributed by atoms with Gasteiger partial charge < -0.3 is 4.74 Å². The van der Waals surface area contributed by atoms with Crippen LogP contribution in [-0.4, -0.2) is 6.71 Å². The molecule has 0 unspecified atom stereocenters. The second kappa shape index (κ2) is 4.76. The van der Waals surface area contributed by atoms with Crippen LogP contribution >= 0.6 is 0 Å². The van der Waals surface area contributed by atoms with Gasteiger partial charge >= 0.3 is 0 Å². The topological polar surface area (TPSA) is 9.23 Å². The van der Waals surface area contributed by atoms with E-state index in [1.54, 1.807) is 0 Å². The van der Waals surface area contributed by atoms with E-state index in [1.165, 1.54) is 44.2 Å². The highest BCUT2D eigenvalue weighted by Gasteiger charge is 2.38. The summed E-state index contributed by atoms with van der Waals surface area (Å²) < 4.78 is 6.32. The zero-order chi connectivity index (χ0) is 16.4. The molecule has 116 valence electrons. The molecule has 0 aromatic heterocycles. The molecular formula is C22H19BO. The van der Waals surface area contributed by atoms with E-state index in [-0.39, 0.29) is 0 Å². The van der Waals surface area contributed by atoms with Gasteiger partial charge in [-0.1, -0.05) is 47.4 Å². The van der Waals surface area contributed by atoms with Gasteiger partial charge in [-0.05, 0) is 72.5 Å². The van der Waals surface area contributed by atoms with Crippen molar-refractivity contribution in [3.63, 3.8) is 0 Å². The van der Waals surface area contributed by atoms with Crippen molar-refractivity contribution in [3.8, 4) is 11.5 Å². The molecule has 0 bridgehead atoms. The summed E-state index contributed by atoms with van der Waals surface area (Å²) in [5, 5.41) is 0. The first kappa shape index (κ1) is 13.9. The SMILES string of the molecule is Cc1ccc2c(c1)Cc1cc(C)cc3c1B2c1ccc(C)cc1O3. The summed E-state index contributed by atoms with van der Waals surface area (Å²) in [6.07, 6.45) is 1.00. The Kier molecular flexibility index (Phi) is 2.76. The predicted molar refractivity (Wildman–Crippen MR) is 101 cm³/mol. The van der Waals surface area contributed by atoms with Crippen LogP contribution in [0.15, 0.2) is 48.5 Å². The maximum Gasteiger partial charge on any atom is 0.251 e. The molecular weight excluding hydrogens is 291 g/mol.